The number of nitrogens with one attached hydrogen (secondary N) is 1. The number of anilines is 1. The molecule has 156 valence electrons. The third kappa shape index (κ3) is 4.61. The van der Waals surface area contributed by atoms with Gasteiger partial charge in [-0.15, -0.1) is 0 Å². The number of carbonyl (C=O) groups excluding carboxylic acids is 1. The molecule has 30 heavy (non-hydrogen) atoms. The van der Waals surface area contributed by atoms with Gasteiger partial charge in [0.1, 0.15) is 0 Å². The zero-order valence-electron chi connectivity index (χ0n) is 17.3. The number of amides is 1. The highest BCUT2D eigenvalue weighted by Crippen LogP contribution is 2.32. The van der Waals surface area contributed by atoms with Crippen molar-refractivity contribution in [2.45, 2.75) is 13.3 Å². The summed E-state index contributed by atoms with van der Waals surface area (Å²) < 4.78 is 0. The minimum Gasteiger partial charge on any atom is -0.385 e. The first-order valence-electron chi connectivity index (χ1n) is 10.6. The Morgan fingerprint density at radius 2 is 1.83 bits per heavy atom. The van der Waals surface area contributed by atoms with Crippen LogP contribution in [0, 0.1) is 30.1 Å². The van der Waals surface area contributed by atoms with Crippen LogP contribution in [0.25, 0.3) is 0 Å². The Labute approximate surface area is 183 Å². The number of rotatable bonds is 6. The van der Waals surface area contributed by atoms with E-state index in [9.17, 15) is 4.79 Å². The van der Waals surface area contributed by atoms with Gasteiger partial charge in [0.05, 0.1) is 11.6 Å². The number of aryl methyl sites for hydroxylation is 1. The predicted molar refractivity (Wildman–Crippen MR) is 120 cm³/mol. The fourth-order valence-electron chi connectivity index (χ4n) is 4.55. The second-order valence-corrected chi connectivity index (χ2v) is 8.83. The standard InChI is InChI=1S/C24H27ClN4O/c1-17-3-8-22(11-23(17)25)27-9-2-10-28-13-20-15-29(16-21(20)14-28)24(30)19-6-4-18(12-26)5-7-19/h3-8,11,20-21,27H,2,9-10,13-16H2,1H3. The van der Waals surface area contributed by atoms with E-state index < -0.39 is 0 Å². The summed E-state index contributed by atoms with van der Waals surface area (Å²) in [6, 6.07) is 15.1. The molecule has 1 amide bonds. The van der Waals surface area contributed by atoms with Crippen LogP contribution in [-0.4, -0.2) is 55.0 Å². The molecule has 2 fully saturated rings. The quantitative estimate of drug-likeness (QED) is 0.714. The number of likely N-dealkylation sites (tertiary alicyclic amines) is 2. The molecule has 2 saturated heterocycles. The molecule has 2 heterocycles. The zero-order valence-corrected chi connectivity index (χ0v) is 18.0. The van der Waals surface area contributed by atoms with Crippen molar-refractivity contribution in [1.29, 1.82) is 5.26 Å². The van der Waals surface area contributed by atoms with Crippen LogP contribution in [0.4, 0.5) is 5.69 Å². The molecule has 2 aliphatic rings. The van der Waals surface area contributed by atoms with Crippen LogP contribution in [0.15, 0.2) is 42.5 Å². The monoisotopic (exact) mass is 422 g/mol. The summed E-state index contributed by atoms with van der Waals surface area (Å²) in [5.41, 5.74) is 3.42. The molecule has 5 nitrogen and oxygen atoms in total. The van der Waals surface area contributed by atoms with Gasteiger partial charge in [0.15, 0.2) is 0 Å². The molecule has 1 N–H and O–H groups in total. The van der Waals surface area contributed by atoms with Crippen molar-refractivity contribution in [3.05, 3.63) is 64.2 Å². The number of nitrogens with zero attached hydrogens (tertiary/aromatic N) is 3. The first-order valence-corrected chi connectivity index (χ1v) is 10.9. The van der Waals surface area contributed by atoms with Crippen LogP contribution in [0.1, 0.15) is 27.9 Å². The van der Waals surface area contributed by atoms with Crippen LogP contribution in [-0.2, 0) is 0 Å². The molecule has 2 aromatic carbocycles. The minimum absolute atomic E-state index is 0.0846. The Balaban J connectivity index is 1.20. The Bertz CT molecular complexity index is 939. The lowest BCUT2D eigenvalue weighted by Crippen LogP contribution is -2.33. The van der Waals surface area contributed by atoms with Crippen LogP contribution >= 0.6 is 11.6 Å². The molecular formula is C24H27ClN4O. The van der Waals surface area contributed by atoms with Crippen molar-refractivity contribution in [3.63, 3.8) is 0 Å². The molecule has 0 bridgehead atoms. The summed E-state index contributed by atoms with van der Waals surface area (Å²) >= 11 is 6.18. The van der Waals surface area contributed by atoms with Crippen LogP contribution in [0.5, 0.6) is 0 Å². The molecule has 0 aliphatic carbocycles. The lowest BCUT2D eigenvalue weighted by Gasteiger charge is -2.22. The van der Waals surface area contributed by atoms with Gasteiger partial charge in [0.25, 0.3) is 5.91 Å². The predicted octanol–water partition coefficient (Wildman–Crippen LogP) is 4.03. The van der Waals surface area contributed by atoms with Gasteiger partial charge < -0.3 is 15.1 Å². The van der Waals surface area contributed by atoms with E-state index in [4.69, 9.17) is 16.9 Å². The molecule has 2 unspecified atom stereocenters. The van der Waals surface area contributed by atoms with Crippen molar-refractivity contribution < 1.29 is 4.79 Å². The summed E-state index contributed by atoms with van der Waals surface area (Å²) in [5, 5.41) is 13.2. The number of halogens is 1. The maximum Gasteiger partial charge on any atom is 0.253 e. The van der Waals surface area contributed by atoms with E-state index in [1.54, 1.807) is 24.3 Å². The average Bonchev–Trinajstić information content (AvgIpc) is 3.32. The lowest BCUT2D eigenvalue weighted by molar-refractivity contribution is 0.0774. The number of nitriles is 1. The van der Waals surface area contributed by atoms with E-state index in [0.29, 0.717) is 23.0 Å². The van der Waals surface area contributed by atoms with E-state index in [1.807, 2.05) is 24.0 Å². The maximum absolute atomic E-state index is 12.8. The summed E-state index contributed by atoms with van der Waals surface area (Å²) in [6.45, 7) is 7.81. The zero-order chi connectivity index (χ0) is 21.1. The lowest BCUT2D eigenvalue weighted by atomic mass is 10.0. The first kappa shape index (κ1) is 20.7. The second-order valence-electron chi connectivity index (χ2n) is 8.42. The third-order valence-corrected chi connectivity index (χ3v) is 6.67. The molecule has 0 aromatic heterocycles. The highest BCUT2D eigenvalue weighted by atomic mass is 35.5. The summed E-state index contributed by atoms with van der Waals surface area (Å²) in [7, 11) is 0. The molecule has 2 aromatic rings. The number of carbonyl (C=O) groups is 1. The molecule has 2 atom stereocenters. The van der Waals surface area contributed by atoms with E-state index >= 15 is 0 Å². The topological polar surface area (TPSA) is 59.4 Å². The molecule has 2 aliphatic heterocycles. The maximum atomic E-state index is 12.8. The normalized spacial score (nSPS) is 20.8. The SMILES string of the molecule is Cc1ccc(NCCCN2CC3CN(C(=O)c4ccc(C#N)cc4)CC3C2)cc1Cl. The molecule has 6 heteroatoms. The summed E-state index contributed by atoms with van der Waals surface area (Å²) in [4.78, 5) is 17.3. The Morgan fingerprint density at radius 3 is 2.47 bits per heavy atom. The van der Waals surface area contributed by atoms with Gasteiger partial charge in [-0.25, -0.2) is 0 Å². The van der Waals surface area contributed by atoms with Gasteiger partial charge in [-0.05, 0) is 73.7 Å². The molecule has 0 saturated carbocycles. The summed E-state index contributed by atoms with van der Waals surface area (Å²) in [6.07, 6.45) is 1.08. The Hall–Kier alpha value is -2.55. The van der Waals surface area contributed by atoms with Crippen LogP contribution < -0.4 is 5.32 Å². The summed E-state index contributed by atoms with van der Waals surface area (Å²) in [5.74, 6) is 1.22. The fourth-order valence-corrected chi connectivity index (χ4v) is 4.73. The van der Waals surface area contributed by atoms with Gasteiger partial charge in [0, 0.05) is 49.0 Å². The van der Waals surface area contributed by atoms with Crippen molar-refractivity contribution in [1.82, 2.24) is 9.80 Å². The smallest absolute Gasteiger partial charge is 0.253 e. The number of benzene rings is 2. The Kier molecular flexibility index (Phi) is 6.26. The van der Waals surface area contributed by atoms with E-state index in [-0.39, 0.29) is 5.91 Å². The van der Waals surface area contributed by atoms with E-state index in [2.05, 4.69) is 22.4 Å². The number of fused-ring (bicyclic) bond motifs is 1. The van der Waals surface area contributed by atoms with Gasteiger partial charge in [-0.2, -0.15) is 5.26 Å². The molecule has 4 rings (SSSR count). The highest BCUT2D eigenvalue weighted by Gasteiger charge is 2.41. The van der Waals surface area contributed by atoms with Crippen molar-refractivity contribution in [2.24, 2.45) is 11.8 Å². The van der Waals surface area contributed by atoms with Gasteiger partial charge in [-0.1, -0.05) is 17.7 Å². The van der Waals surface area contributed by atoms with Gasteiger partial charge >= 0.3 is 0 Å². The highest BCUT2D eigenvalue weighted by molar-refractivity contribution is 6.31. The minimum atomic E-state index is 0.0846. The fraction of sp³-hybridized carbons (Fsp3) is 0.417. The van der Waals surface area contributed by atoms with Crippen LogP contribution in [0.2, 0.25) is 5.02 Å². The largest absolute Gasteiger partial charge is 0.385 e. The third-order valence-electron chi connectivity index (χ3n) is 6.26. The second kappa shape index (κ2) is 9.07. The van der Waals surface area contributed by atoms with E-state index in [1.165, 1.54) is 0 Å². The van der Waals surface area contributed by atoms with Crippen molar-refractivity contribution in [3.8, 4) is 6.07 Å². The van der Waals surface area contributed by atoms with Crippen molar-refractivity contribution >= 4 is 23.2 Å². The molecule has 0 radical (unpaired) electrons. The van der Waals surface area contributed by atoms with Crippen molar-refractivity contribution in [2.75, 3.05) is 44.6 Å². The van der Waals surface area contributed by atoms with Gasteiger partial charge in [0.2, 0.25) is 0 Å². The molecular weight excluding hydrogens is 396 g/mol. The van der Waals surface area contributed by atoms with Gasteiger partial charge in [-0.3, -0.25) is 4.79 Å². The Morgan fingerprint density at radius 1 is 1.13 bits per heavy atom. The van der Waals surface area contributed by atoms with E-state index in [0.717, 1.165) is 62.0 Å². The first-order chi connectivity index (χ1) is 14.5. The average molecular weight is 423 g/mol. The van der Waals surface area contributed by atoms with Crippen LogP contribution in [0.3, 0.4) is 0 Å². The number of hydrogen-bond acceptors (Lipinski definition) is 4. The number of hydrogen-bond donors (Lipinski definition) is 1. The molecule has 0 spiro atoms.